The molecule has 1 unspecified atom stereocenters. The van der Waals surface area contributed by atoms with Crippen LogP contribution in [0.1, 0.15) is 12.5 Å². The van der Waals surface area contributed by atoms with E-state index in [1.54, 1.807) is 6.92 Å². The first-order valence-electron chi connectivity index (χ1n) is 4.44. The summed E-state index contributed by atoms with van der Waals surface area (Å²) in [6.45, 7) is 1.69. The van der Waals surface area contributed by atoms with Crippen molar-refractivity contribution < 1.29 is 13.2 Å². The minimum atomic E-state index is -4.35. The standard InChI is InChI=1S/C11H9BrF3N/c1-3-7(2)16-10-6-8(11(13,14)15)4-5-9(10)12/h1,4-7,16H,2H3. The summed E-state index contributed by atoms with van der Waals surface area (Å²) in [6.07, 6.45) is 0.793. The molecule has 0 saturated carbocycles. The summed E-state index contributed by atoms with van der Waals surface area (Å²) in [6, 6.07) is 3.04. The van der Waals surface area contributed by atoms with Gasteiger partial charge in [0.15, 0.2) is 0 Å². The molecule has 0 spiro atoms. The SMILES string of the molecule is C#CC(C)Nc1cc(C(F)(F)F)ccc1Br. The number of nitrogens with one attached hydrogen (secondary N) is 1. The Kier molecular flexibility index (Phi) is 3.87. The normalized spacial score (nSPS) is 13.0. The van der Waals surface area contributed by atoms with Crippen LogP contribution in [0.5, 0.6) is 0 Å². The first-order valence-corrected chi connectivity index (χ1v) is 5.23. The van der Waals surface area contributed by atoms with Crippen LogP contribution in [0.2, 0.25) is 0 Å². The molecule has 0 fully saturated rings. The fraction of sp³-hybridized carbons (Fsp3) is 0.273. The molecule has 0 radical (unpaired) electrons. The van der Waals surface area contributed by atoms with Crippen LogP contribution in [0.15, 0.2) is 22.7 Å². The highest BCUT2D eigenvalue weighted by Crippen LogP contribution is 2.34. The molecule has 1 atom stereocenters. The molecule has 1 aromatic carbocycles. The van der Waals surface area contributed by atoms with Crippen molar-refractivity contribution in [3.63, 3.8) is 0 Å². The van der Waals surface area contributed by atoms with Crippen LogP contribution in [0.4, 0.5) is 18.9 Å². The van der Waals surface area contributed by atoms with Gasteiger partial charge in [0, 0.05) is 10.2 Å². The zero-order chi connectivity index (χ0) is 12.3. The second kappa shape index (κ2) is 4.79. The molecule has 0 aliphatic heterocycles. The van der Waals surface area contributed by atoms with E-state index in [-0.39, 0.29) is 6.04 Å². The fourth-order valence-corrected chi connectivity index (χ4v) is 1.45. The van der Waals surface area contributed by atoms with Gasteiger partial charge in [0.05, 0.1) is 11.6 Å². The third-order valence-corrected chi connectivity index (χ3v) is 2.61. The number of halogens is 4. The summed E-state index contributed by atoms with van der Waals surface area (Å²) in [4.78, 5) is 0. The van der Waals surface area contributed by atoms with Gasteiger partial charge in [-0.3, -0.25) is 0 Å². The van der Waals surface area contributed by atoms with Gasteiger partial charge in [0.25, 0.3) is 0 Å². The predicted octanol–water partition coefficient (Wildman–Crippen LogP) is 3.90. The molecule has 1 aromatic rings. The minimum Gasteiger partial charge on any atom is -0.371 e. The number of hydrogen-bond donors (Lipinski definition) is 1. The fourth-order valence-electron chi connectivity index (χ4n) is 1.09. The van der Waals surface area contributed by atoms with Crippen LogP contribution in [-0.4, -0.2) is 6.04 Å². The maximum Gasteiger partial charge on any atom is 0.416 e. The van der Waals surface area contributed by atoms with Crippen molar-refractivity contribution in [1.29, 1.82) is 0 Å². The Labute approximate surface area is 100 Å². The van der Waals surface area contributed by atoms with E-state index >= 15 is 0 Å². The first kappa shape index (κ1) is 12.9. The first-order chi connectivity index (χ1) is 7.34. The zero-order valence-electron chi connectivity index (χ0n) is 8.40. The van der Waals surface area contributed by atoms with Gasteiger partial charge in [-0.15, -0.1) is 6.42 Å². The quantitative estimate of drug-likeness (QED) is 0.815. The summed E-state index contributed by atoms with van der Waals surface area (Å²) < 4.78 is 37.9. The number of hydrogen-bond acceptors (Lipinski definition) is 1. The maximum atomic E-state index is 12.4. The van der Waals surface area contributed by atoms with Gasteiger partial charge in [-0.2, -0.15) is 13.2 Å². The Bertz CT molecular complexity index is 420. The van der Waals surface area contributed by atoms with Crippen LogP contribution in [0.25, 0.3) is 0 Å². The van der Waals surface area contributed by atoms with Crippen molar-refractivity contribution in [2.45, 2.75) is 19.1 Å². The molecule has 1 N–H and O–H groups in total. The number of terminal acetylenes is 1. The van der Waals surface area contributed by atoms with E-state index in [1.165, 1.54) is 6.07 Å². The Morgan fingerprint density at radius 3 is 2.56 bits per heavy atom. The van der Waals surface area contributed by atoms with Crippen LogP contribution in [0.3, 0.4) is 0 Å². The smallest absolute Gasteiger partial charge is 0.371 e. The lowest BCUT2D eigenvalue weighted by Gasteiger charge is -2.14. The molecule has 1 nitrogen and oxygen atoms in total. The topological polar surface area (TPSA) is 12.0 Å². The molecule has 0 aliphatic rings. The van der Waals surface area contributed by atoms with E-state index in [2.05, 4.69) is 27.2 Å². The van der Waals surface area contributed by atoms with Crippen molar-refractivity contribution in [3.8, 4) is 12.3 Å². The van der Waals surface area contributed by atoms with Crippen molar-refractivity contribution >= 4 is 21.6 Å². The zero-order valence-corrected chi connectivity index (χ0v) is 9.98. The monoisotopic (exact) mass is 291 g/mol. The van der Waals surface area contributed by atoms with Gasteiger partial charge in [0.2, 0.25) is 0 Å². The van der Waals surface area contributed by atoms with E-state index < -0.39 is 11.7 Å². The van der Waals surface area contributed by atoms with E-state index in [9.17, 15) is 13.2 Å². The minimum absolute atomic E-state index is 0.334. The maximum absolute atomic E-state index is 12.4. The molecule has 5 heteroatoms. The Balaban J connectivity index is 3.05. The van der Waals surface area contributed by atoms with Gasteiger partial charge < -0.3 is 5.32 Å². The number of rotatable bonds is 2. The van der Waals surface area contributed by atoms with E-state index in [1.807, 2.05) is 0 Å². The summed E-state index contributed by atoms with van der Waals surface area (Å²) in [5.74, 6) is 2.39. The molecule has 0 saturated heterocycles. The van der Waals surface area contributed by atoms with Crippen LogP contribution in [-0.2, 0) is 6.18 Å². The highest BCUT2D eigenvalue weighted by Gasteiger charge is 2.30. The van der Waals surface area contributed by atoms with Gasteiger partial charge in [-0.05, 0) is 41.1 Å². The van der Waals surface area contributed by atoms with Crippen molar-refractivity contribution in [1.82, 2.24) is 0 Å². The lowest BCUT2D eigenvalue weighted by atomic mass is 10.2. The van der Waals surface area contributed by atoms with Crippen LogP contribution < -0.4 is 5.32 Å². The molecule has 0 heterocycles. The van der Waals surface area contributed by atoms with Crippen molar-refractivity contribution in [2.24, 2.45) is 0 Å². The van der Waals surface area contributed by atoms with Crippen molar-refractivity contribution in [2.75, 3.05) is 5.32 Å². The highest BCUT2D eigenvalue weighted by atomic mass is 79.9. The molecule has 0 aromatic heterocycles. The average Bonchev–Trinajstić information content (AvgIpc) is 2.19. The average molecular weight is 292 g/mol. The molecule has 0 bridgehead atoms. The summed E-state index contributed by atoms with van der Waals surface area (Å²) in [5, 5.41) is 2.79. The lowest BCUT2D eigenvalue weighted by Crippen LogP contribution is -2.13. The summed E-state index contributed by atoms with van der Waals surface area (Å²) in [5.41, 5.74) is -0.373. The van der Waals surface area contributed by atoms with Crippen molar-refractivity contribution in [3.05, 3.63) is 28.2 Å². The van der Waals surface area contributed by atoms with Crippen LogP contribution >= 0.6 is 15.9 Å². The molecule has 0 aliphatic carbocycles. The highest BCUT2D eigenvalue weighted by molar-refractivity contribution is 9.10. The Morgan fingerprint density at radius 2 is 2.06 bits per heavy atom. The Hall–Kier alpha value is -1.15. The van der Waals surface area contributed by atoms with Gasteiger partial charge in [-0.25, -0.2) is 0 Å². The number of anilines is 1. The molecule has 16 heavy (non-hydrogen) atoms. The number of alkyl halides is 3. The third kappa shape index (κ3) is 3.17. The number of benzene rings is 1. The van der Waals surface area contributed by atoms with E-state index in [0.29, 0.717) is 10.2 Å². The molecular formula is C11H9BrF3N. The second-order valence-electron chi connectivity index (χ2n) is 3.23. The lowest BCUT2D eigenvalue weighted by molar-refractivity contribution is -0.137. The second-order valence-corrected chi connectivity index (χ2v) is 4.08. The third-order valence-electron chi connectivity index (χ3n) is 1.92. The predicted molar refractivity (Wildman–Crippen MR) is 61.1 cm³/mol. The van der Waals surface area contributed by atoms with Gasteiger partial charge in [0.1, 0.15) is 0 Å². The Morgan fingerprint density at radius 1 is 1.44 bits per heavy atom. The molecular weight excluding hydrogens is 283 g/mol. The van der Waals surface area contributed by atoms with Gasteiger partial charge in [-0.1, -0.05) is 5.92 Å². The van der Waals surface area contributed by atoms with Gasteiger partial charge >= 0.3 is 6.18 Å². The van der Waals surface area contributed by atoms with E-state index in [0.717, 1.165) is 12.1 Å². The summed E-state index contributed by atoms with van der Waals surface area (Å²) >= 11 is 3.16. The molecule has 1 rings (SSSR count). The largest absolute Gasteiger partial charge is 0.416 e. The molecule has 86 valence electrons. The van der Waals surface area contributed by atoms with E-state index in [4.69, 9.17) is 6.42 Å². The van der Waals surface area contributed by atoms with Crippen LogP contribution in [0, 0.1) is 12.3 Å². The summed E-state index contributed by atoms with van der Waals surface area (Å²) in [7, 11) is 0. The molecule has 0 amide bonds.